The number of anilines is 1. The van der Waals surface area contributed by atoms with Gasteiger partial charge in [-0.05, 0) is 44.0 Å². The van der Waals surface area contributed by atoms with Gasteiger partial charge in [0, 0.05) is 18.4 Å². The standard InChI is InChI=1S/C17H21ClN2O/c1-17(2,3)21-12-14-6-4-5-13(9-14)11-20-15-7-8-19-16(18)10-15/h4-10H,11-12H2,1-3H3,(H,19,20). The molecule has 4 heteroatoms. The maximum atomic E-state index is 5.87. The van der Waals surface area contributed by atoms with E-state index >= 15 is 0 Å². The lowest BCUT2D eigenvalue weighted by Gasteiger charge is -2.19. The van der Waals surface area contributed by atoms with Crippen LogP contribution in [0.25, 0.3) is 0 Å². The molecule has 0 radical (unpaired) electrons. The average Bonchev–Trinajstić information content (AvgIpc) is 2.43. The van der Waals surface area contributed by atoms with Gasteiger partial charge in [0.2, 0.25) is 0 Å². The topological polar surface area (TPSA) is 34.1 Å². The van der Waals surface area contributed by atoms with Crippen molar-refractivity contribution in [3.05, 3.63) is 58.9 Å². The molecule has 3 nitrogen and oxygen atoms in total. The molecule has 0 atom stereocenters. The normalized spacial score (nSPS) is 11.4. The maximum Gasteiger partial charge on any atom is 0.131 e. The Morgan fingerprint density at radius 3 is 2.62 bits per heavy atom. The largest absolute Gasteiger partial charge is 0.381 e. The Morgan fingerprint density at radius 2 is 1.90 bits per heavy atom. The molecule has 0 saturated heterocycles. The predicted octanol–water partition coefficient (Wildman–Crippen LogP) is 4.66. The van der Waals surface area contributed by atoms with Crippen molar-refractivity contribution in [2.24, 2.45) is 0 Å². The minimum Gasteiger partial charge on any atom is -0.381 e. The minimum atomic E-state index is -0.123. The first-order valence-corrected chi connectivity index (χ1v) is 7.37. The van der Waals surface area contributed by atoms with E-state index in [2.05, 4.69) is 55.3 Å². The van der Waals surface area contributed by atoms with Crippen molar-refractivity contribution >= 4 is 17.3 Å². The van der Waals surface area contributed by atoms with E-state index < -0.39 is 0 Å². The van der Waals surface area contributed by atoms with E-state index in [0.29, 0.717) is 11.8 Å². The zero-order chi connectivity index (χ0) is 15.3. The summed E-state index contributed by atoms with van der Waals surface area (Å²) >= 11 is 5.87. The molecule has 2 aromatic rings. The molecule has 0 aliphatic carbocycles. The summed E-state index contributed by atoms with van der Waals surface area (Å²) in [5.74, 6) is 0. The number of hydrogen-bond acceptors (Lipinski definition) is 3. The third kappa shape index (κ3) is 5.74. The van der Waals surface area contributed by atoms with Crippen molar-refractivity contribution in [3.8, 4) is 0 Å². The fourth-order valence-corrected chi connectivity index (χ4v) is 2.02. The van der Waals surface area contributed by atoms with E-state index in [1.54, 1.807) is 6.20 Å². The number of nitrogens with one attached hydrogen (secondary N) is 1. The fourth-order valence-electron chi connectivity index (χ4n) is 1.85. The van der Waals surface area contributed by atoms with Crippen LogP contribution < -0.4 is 5.32 Å². The number of halogens is 1. The van der Waals surface area contributed by atoms with Crippen LogP contribution in [0, 0.1) is 0 Å². The van der Waals surface area contributed by atoms with Gasteiger partial charge in [0.1, 0.15) is 5.15 Å². The molecule has 0 bridgehead atoms. The summed E-state index contributed by atoms with van der Waals surface area (Å²) in [4.78, 5) is 3.97. The van der Waals surface area contributed by atoms with Gasteiger partial charge in [-0.25, -0.2) is 4.98 Å². The summed E-state index contributed by atoms with van der Waals surface area (Å²) < 4.78 is 5.80. The number of pyridine rings is 1. The number of hydrogen-bond donors (Lipinski definition) is 1. The van der Waals surface area contributed by atoms with Crippen LogP contribution in [0.15, 0.2) is 42.6 Å². The van der Waals surface area contributed by atoms with Crippen LogP contribution in [0.1, 0.15) is 31.9 Å². The highest BCUT2D eigenvalue weighted by Crippen LogP contribution is 2.15. The third-order valence-electron chi connectivity index (χ3n) is 2.89. The zero-order valence-corrected chi connectivity index (χ0v) is 13.4. The summed E-state index contributed by atoms with van der Waals surface area (Å²) in [6.07, 6.45) is 1.69. The lowest BCUT2D eigenvalue weighted by molar-refractivity contribution is -0.0149. The van der Waals surface area contributed by atoms with E-state index in [1.165, 1.54) is 11.1 Å². The molecular weight excluding hydrogens is 284 g/mol. The van der Waals surface area contributed by atoms with Gasteiger partial charge < -0.3 is 10.1 Å². The molecule has 0 aliphatic heterocycles. The highest BCUT2D eigenvalue weighted by Gasteiger charge is 2.10. The van der Waals surface area contributed by atoms with Gasteiger partial charge in [-0.3, -0.25) is 0 Å². The Kier molecular flexibility index (Phi) is 5.21. The average molecular weight is 305 g/mol. The van der Waals surface area contributed by atoms with Crippen LogP contribution in [0.3, 0.4) is 0 Å². The van der Waals surface area contributed by atoms with Crippen molar-refractivity contribution in [2.75, 3.05) is 5.32 Å². The molecule has 112 valence electrons. The first-order chi connectivity index (χ1) is 9.92. The van der Waals surface area contributed by atoms with E-state index in [-0.39, 0.29) is 5.60 Å². The van der Waals surface area contributed by atoms with Crippen molar-refractivity contribution in [2.45, 2.75) is 39.5 Å². The van der Waals surface area contributed by atoms with Crippen molar-refractivity contribution < 1.29 is 4.74 Å². The van der Waals surface area contributed by atoms with E-state index in [0.717, 1.165) is 12.2 Å². The first-order valence-electron chi connectivity index (χ1n) is 6.99. The van der Waals surface area contributed by atoms with Crippen molar-refractivity contribution in [1.29, 1.82) is 0 Å². The van der Waals surface area contributed by atoms with Gasteiger partial charge in [-0.1, -0.05) is 35.9 Å². The summed E-state index contributed by atoms with van der Waals surface area (Å²) in [7, 11) is 0. The quantitative estimate of drug-likeness (QED) is 0.816. The second-order valence-electron chi connectivity index (χ2n) is 5.94. The van der Waals surface area contributed by atoms with Gasteiger partial charge in [-0.15, -0.1) is 0 Å². The SMILES string of the molecule is CC(C)(C)OCc1cccc(CNc2ccnc(Cl)c2)c1. The monoisotopic (exact) mass is 304 g/mol. The highest BCUT2D eigenvalue weighted by molar-refractivity contribution is 6.29. The maximum absolute atomic E-state index is 5.87. The Morgan fingerprint density at radius 1 is 1.14 bits per heavy atom. The third-order valence-corrected chi connectivity index (χ3v) is 3.09. The van der Waals surface area contributed by atoms with Crippen molar-refractivity contribution in [3.63, 3.8) is 0 Å². The summed E-state index contributed by atoms with van der Waals surface area (Å²) in [5, 5.41) is 3.83. The van der Waals surface area contributed by atoms with Crippen LogP contribution >= 0.6 is 11.6 Å². The van der Waals surface area contributed by atoms with Gasteiger partial charge in [0.05, 0.1) is 12.2 Å². The van der Waals surface area contributed by atoms with Gasteiger partial charge in [0.25, 0.3) is 0 Å². The number of benzene rings is 1. The molecule has 1 aromatic carbocycles. The Hall–Kier alpha value is -1.58. The van der Waals surface area contributed by atoms with Crippen LogP contribution in [0.4, 0.5) is 5.69 Å². The lowest BCUT2D eigenvalue weighted by Crippen LogP contribution is -2.18. The smallest absolute Gasteiger partial charge is 0.131 e. The van der Waals surface area contributed by atoms with Gasteiger partial charge >= 0.3 is 0 Å². The predicted molar refractivity (Wildman–Crippen MR) is 87.6 cm³/mol. The molecule has 0 spiro atoms. The molecule has 0 unspecified atom stereocenters. The fraction of sp³-hybridized carbons (Fsp3) is 0.353. The Bertz CT molecular complexity index is 593. The second kappa shape index (κ2) is 6.92. The molecule has 1 N–H and O–H groups in total. The number of aromatic nitrogens is 1. The van der Waals surface area contributed by atoms with Crippen LogP contribution in [0.2, 0.25) is 5.15 Å². The van der Waals surface area contributed by atoms with Crippen LogP contribution in [-0.4, -0.2) is 10.6 Å². The first kappa shape index (κ1) is 15.8. The molecule has 1 heterocycles. The zero-order valence-electron chi connectivity index (χ0n) is 12.7. The molecular formula is C17H21ClN2O. The molecule has 0 fully saturated rings. The molecule has 2 rings (SSSR count). The van der Waals surface area contributed by atoms with Crippen LogP contribution in [-0.2, 0) is 17.9 Å². The van der Waals surface area contributed by atoms with E-state index in [1.807, 2.05) is 12.1 Å². The number of ether oxygens (including phenoxy) is 1. The van der Waals surface area contributed by atoms with Gasteiger partial charge in [0.15, 0.2) is 0 Å². The lowest BCUT2D eigenvalue weighted by atomic mass is 10.1. The highest BCUT2D eigenvalue weighted by atomic mass is 35.5. The molecule has 1 aromatic heterocycles. The van der Waals surface area contributed by atoms with Crippen molar-refractivity contribution in [1.82, 2.24) is 4.98 Å². The molecule has 21 heavy (non-hydrogen) atoms. The number of rotatable bonds is 5. The number of nitrogens with zero attached hydrogens (tertiary/aromatic N) is 1. The van der Waals surface area contributed by atoms with Crippen LogP contribution in [0.5, 0.6) is 0 Å². The molecule has 0 saturated carbocycles. The van der Waals surface area contributed by atoms with E-state index in [4.69, 9.17) is 16.3 Å². The van der Waals surface area contributed by atoms with E-state index in [9.17, 15) is 0 Å². The molecule has 0 amide bonds. The summed E-state index contributed by atoms with van der Waals surface area (Å²) in [6, 6.07) is 12.1. The summed E-state index contributed by atoms with van der Waals surface area (Å²) in [5.41, 5.74) is 3.23. The minimum absolute atomic E-state index is 0.123. The Balaban J connectivity index is 1.95. The van der Waals surface area contributed by atoms with Gasteiger partial charge in [-0.2, -0.15) is 0 Å². The molecule has 0 aliphatic rings. The summed E-state index contributed by atoms with van der Waals surface area (Å²) in [6.45, 7) is 7.55. The second-order valence-corrected chi connectivity index (χ2v) is 6.33. The Labute approximate surface area is 131 Å².